The van der Waals surface area contributed by atoms with Crippen molar-refractivity contribution in [3.05, 3.63) is 106 Å². The maximum atomic E-state index is 12.8. The van der Waals surface area contributed by atoms with Gasteiger partial charge in [-0.05, 0) is 34.2 Å². The molecule has 0 unspecified atom stereocenters. The molecule has 0 bridgehead atoms. The summed E-state index contributed by atoms with van der Waals surface area (Å²) in [6.07, 6.45) is 4.00. The van der Waals surface area contributed by atoms with Crippen LogP contribution in [0.15, 0.2) is 66.7 Å². The van der Waals surface area contributed by atoms with Crippen LogP contribution in [0.3, 0.4) is 0 Å². The minimum atomic E-state index is -0.0880. The SMILES string of the molecule is CC(C)(C)c1ccc(C=Cc2ccc3c(c2)C(=O)c2ccccc2C3=O)cc1. The van der Waals surface area contributed by atoms with E-state index in [1.165, 1.54) is 5.56 Å². The van der Waals surface area contributed by atoms with Crippen molar-refractivity contribution in [2.75, 3.05) is 0 Å². The lowest BCUT2D eigenvalue weighted by Crippen LogP contribution is -2.20. The molecule has 3 aromatic rings. The van der Waals surface area contributed by atoms with Crippen molar-refractivity contribution in [3.8, 4) is 0 Å². The Bertz CT molecular complexity index is 1110. The van der Waals surface area contributed by atoms with Crippen LogP contribution >= 0.6 is 0 Å². The van der Waals surface area contributed by atoms with Crippen LogP contribution in [0.2, 0.25) is 0 Å². The molecule has 2 nitrogen and oxygen atoms in total. The summed E-state index contributed by atoms with van der Waals surface area (Å²) in [5, 5.41) is 0. The van der Waals surface area contributed by atoms with Gasteiger partial charge in [0.15, 0.2) is 11.6 Å². The second-order valence-corrected chi connectivity index (χ2v) is 8.21. The van der Waals surface area contributed by atoms with Crippen molar-refractivity contribution < 1.29 is 9.59 Å². The monoisotopic (exact) mass is 366 g/mol. The fourth-order valence-electron chi connectivity index (χ4n) is 3.51. The van der Waals surface area contributed by atoms with Crippen LogP contribution in [0.25, 0.3) is 12.2 Å². The van der Waals surface area contributed by atoms with Crippen LogP contribution in [-0.2, 0) is 5.41 Å². The number of fused-ring (bicyclic) bond motifs is 2. The predicted octanol–water partition coefficient (Wildman–Crippen LogP) is 5.93. The van der Waals surface area contributed by atoms with Gasteiger partial charge in [0, 0.05) is 22.3 Å². The zero-order chi connectivity index (χ0) is 19.9. The summed E-state index contributed by atoms with van der Waals surface area (Å²) in [6, 6.07) is 21.0. The van der Waals surface area contributed by atoms with Gasteiger partial charge in [0.05, 0.1) is 0 Å². The molecule has 3 aromatic carbocycles. The van der Waals surface area contributed by atoms with E-state index in [1.54, 1.807) is 30.3 Å². The highest BCUT2D eigenvalue weighted by Crippen LogP contribution is 2.28. The lowest BCUT2D eigenvalue weighted by atomic mass is 9.83. The Morgan fingerprint density at radius 1 is 0.607 bits per heavy atom. The molecule has 0 radical (unpaired) electrons. The highest BCUT2D eigenvalue weighted by molar-refractivity contribution is 6.28. The largest absolute Gasteiger partial charge is 0.289 e. The lowest BCUT2D eigenvalue weighted by Gasteiger charge is -2.18. The molecule has 0 aromatic heterocycles. The summed E-state index contributed by atoms with van der Waals surface area (Å²) in [7, 11) is 0. The van der Waals surface area contributed by atoms with Gasteiger partial charge in [0.2, 0.25) is 0 Å². The van der Waals surface area contributed by atoms with E-state index in [9.17, 15) is 9.59 Å². The quantitative estimate of drug-likeness (QED) is 0.412. The summed E-state index contributed by atoms with van der Waals surface area (Å²) in [5.74, 6) is -0.173. The number of hydrogen-bond acceptors (Lipinski definition) is 2. The van der Waals surface area contributed by atoms with Gasteiger partial charge in [-0.1, -0.05) is 87.5 Å². The van der Waals surface area contributed by atoms with E-state index >= 15 is 0 Å². The molecular weight excluding hydrogens is 344 g/mol. The van der Waals surface area contributed by atoms with Gasteiger partial charge in [-0.2, -0.15) is 0 Å². The molecule has 1 aliphatic rings. The van der Waals surface area contributed by atoms with E-state index in [0.29, 0.717) is 22.3 Å². The fraction of sp³-hybridized carbons (Fsp3) is 0.154. The Hall–Kier alpha value is -3.26. The van der Waals surface area contributed by atoms with Crippen LogP contribution < -0.4 is 0 Å². The number of ketones is 2. The molecule has 0 saturated carbocycles. The van der Waals surface area contributed by atoms with Gasteiger partial charge in [-0.15, -0.1) is 0 Å². The topological polar surface area (TPSA) is 34.1 Å². The Labute approximate surface area is 165 Å². The zero-order valence-electron chi connectivity index (χ0n) is 16.3. The minimum Gasteiger partial charge on any atom is -0.289 e. The Kier molecular flexibility index (Phi) is 4.35. The van der Waals surface area contributed by atoms with E-state index in [2.05, 4.69) is 45.0 Å². The average Bonchev–Trinajstić information content (AvgIpc) is 2.70. The molecule has 1 aliphatic carbocycles. The van der Waals surface area contributed by atoms with Crippen LogP contribution in [0.5, 0.6) is 0 Å². The predicted molar refractivity (Wildman–Crippen MR) is 114 cm³/mol. The van der Waals surface area contributed by atoms with E-state index in [-0.39, 0.29) is 17.0 Å². The molecule has 138 valence electrons. The van der Waals surface area contributed by atoms with Gasteiger partial charge in [-0.25, -0.2) is 0 Å². The van der Waals surface area contributed by atoms with Gasteiger partial charge in [0.1, 0.15) is 0 Å². The molecule has 28 heavy (non-hydrogen) atoms. The summed E-state index contributed by atoms with van der Waals surface area (Å²) in [4.78, 5) is 25.5. The smallest absolute Gasteiger partial charge is 0.194 e. The van der Waals surface area contributed by atoms with E-state index in [1.807, 2.05) is 24.3 Å². The Morgan fingerprint density at radius 2 is 1.11 bits per heavy atom. The summed E-state index contributed by atoms with van der Waals surface area (Å²) in [6.45, 7) is 6.59. The second-order valence-electron chi connectivity index (χ2n) is 8.21. The van der Waals surface area contributed by atoms with E-state index in [0.717, 1.165) is 11.1 Å². The van der Waals surface area contributed by atoms with Crippen molar-refractivity contribution in [2.45, 2.75) is 26.2 Å². The summed E-state index contributed by atoms with van der Waals surface area (Å²) < 4.78 is 0. The molecule has 0 atom stereocenters. The second kappa shape index (κ2) is 6.72. The third-order valence-corrected chi connectivity index (χ3v) is 5.19. The maximum Gasteiger partial charge on any atom is 0.194 e. The molecule has 0 aliphatic heterocycles. The minimum absolute atomic E-state index is 0.0847. The van der Waals surface area contributed by atoms with Crippen molar-refractivity contribution in [2.24, 2.45) is 0 Å². The molecule has 0 saturated heterocycles. The molecule has 0 amide bonds. The highest BCUT2D eigenvalue weighted by atomic mass is 16.1. The van der Waals surface area contributed by atoms with Crippen molar-refractivity contribution in [1.82, 2.24) is 0 Å². The van der Waals surface area contributed by atoms with Crippen molar-refractivity contribution in [1.29, 1.82) is 0 Å². The summed E-state index contributed by atoms with van der Waals surface area (Å²) >= 11 is 0. The maximum absolute atomic E-state index is 12.8. The van der Waals surface area contributed by atoms with Crippen LogP contribution in [-0.4, -0.2) is 11.6 Å². The normalized spacial score (nSPS) is 13.5. The lowest BCUT2D eigenvalue weighted by molar-refractivity contribution is 0.0979. The standard InChI is InChI=1S/C26H22O2/c1-26(2,3)19-13-10-17(11-14-19)8-9-18-12-15-22-23(16-18)25(28)21-7-5-4-6-20(21)24(22)27/h4-16H,1-3H3. The first-order valence-electron chi connectivity index (χ1n) is 9.46. The number of hydrogen-bond donors (Lipinski definition) is 0. The molecular formula is C26H22O2. The Balaban J connectivity index is 1.64. The fourth-order valence-corrected chi connectivity index (χ4v) is 3.51. The number of carbonyl (C=O) groups excluding carboxylic acids is 2. The molecule has 4 rings (SSSR count). The Morgan fingerprint density at radius 3 is 1.71 bits per heavy atom. The van der Waals surface area contributed by atoms with Gasteiger partial charge in [0.25, 0.3) is 0 Å². The molecule has 0 spiro atoms. The first-order valence-corrected chi connectivity index (χ1v) is 9.46. The van der Waals surface area contributed by atoms with Crippen LogP contribution in [0.1, 0.15) is 69.3 Å². The van der Waals surface area contributed by atoms with Gasteiger partial charge >= 0.3 is 0 Å². The van der Waals surface area contributed by atoms with E-state index in [4.69, 9.17) is 0 Å². The number of carbonyl (C=O) groups is 2. The zero-order valence-corrected chi connectivity index (χ0v) is 16.3. The van der Waals surface area contributed by atoms with Crippen molar-refractivity contribution in [3.63, 3.8) is 0 Å². The average molecular weight is 366 g/mol. The van der Waals surface area contributed by atoms with Crippen molar-refractivity contribution >= 4 is 23.7 Å². The number of benzene rings is 3. The first kappa shape index (κ1) is 18.1. The van der Waals surface area contributed by atoms with Crippen LogP contribution in [0.4, 0.5) is 0 Å². The third kappa shape index (κ3) is 3.22. The summed E-state index contributed by atoms with van der Waals surface area (Å²) in [5.41, 5.74) is 5.36. The molecule has 0 fully saturated rings. The third-order valence-electron chi connectivity index (χ3n) is 5.19. The molecule has 0 N–H and O–H groups in total. The van der Waals surface area contributed by atoms with Gasteiger partial charge < -0.3 is 0 Å². The molecule has 0 heterocycles. The molecule has 2 heteroatoms. The van der Waals surface area contributed by atoms with E-state index < -0.39 is 0 Å². The van der Waals surface area contributed by atoms with Crippen LogP contribution in [0, 0.1) is 0 Å². The highest BCUT2D eigenvalue weighted by Gasteiger charge is 2.29. The first-order chi connectivity index (χ1) is 13.3. The van der Waals surface area contributed by atoms with Gasteiger partial charge in [-0.3, -0.25) is 9.59 Å². The number of rotatable bonds is 2.